The van der Waals surface area contributed by atoms with Gasteiger partial charge in [0.25, 0.3) is 5.91 Å². The number of nitrogens with zero attached hydrogens (tertiary/aromatic N) is 1. The first-order chi connectivity index (χ1) is 6.09. The molecule has 0 saturated carbocycles. The van der Waals surface area contributed by atoms with Crippen molar-refractivity contribution in [3.8, 4) is 0 Å². The summed E-state index contributed by atoms with van der Waals surface area (Å²) in [5.41, 5.74) is 2.75. The zero-order valence-electron chi connectivity index (χ0n) is 7.60. The van der Waals surface area contributed by atoms with Crippen LogP contribution in [0, 0.1) is 6.92 Å². The Bertz CT molecular complexity index is 387. The molecule has 0 atom stereocenters. The number of amides is 1. The van der Waals surface area contributed by atoms with Crippen LogP contribution in [0.1, 0.15) is 21.5 Å². The maximum atomic E-state index is 11.6. The lowest BCUT2D eigenvalue weighted by Crippen LogP contribution is -2.17. The van der Waals surface area contributed by atoms with Crippen molar-refractivity contribution in [2.75, 3.05) is 7.05 Å². The highest BCUT2D eigenvalue weighted by molar-refractivity contribution is 6.32. The minimum absolute atomic E-state index is 0.0700. The number of fused-ring (bicyclic) bond motifs is 1. The van der Waals surface area contributed by atoms with Crippen LogP contribution < -0.4 is 0 Å². The molecule has 0 fully saturated rings. The standard InChI is InChI=1S/C10H10ClNO/c1-6-3-7-8(9(11)4-6)5-12(2)10(7)13/h3-4H,5H2,1-2H3. The largest absolute Gasteiger partial charge is 0.337 e. The molecule has 2 rings (SSSR count). The maximum absolute atomic E-state index is 11.6. The minimum atomic E-state index is 0.0700. The average molecular weight is 196 g/mol. The molecule has 1 aromatic carbocycles. The maximum Gasteiger partial charge on any atom is 0.254 e. The fraction of sp³-hybridized carbons (Fsp3) is 0.300. The van der Waals surface area contributed by atoms with Crippen molar-refractivity contribution in [1.29, 1.82) is 0 Å². The number of aryl methyl sites for hydroxylation is 1. The summed E-state index contributed by atoms with van der Waals surface area (Å²) in [6.45, 7) is 2.57. The van der Waals surface area contributed by atoms with Crippen LogP contribution in [0.2, 0.25) is 5.02 Å². The molecule has 0 spiro atoms. The second-order valence-electron chi connectivity index (χ2n) is 3.43. The Labute approximate surface area is 82.1 Å². The number of benzene rings is 1. The summed E-state index contributed by atoms with van der Waals surface area (Å²) in [6, 6.07) is 3.79. The first-order valence-corrected chi connectivity index (χ1v) is 4.52. The number of hydrogen-bond donors (Lipinski definition) is 0. The lowest BCUT2D eigenvalue weighted by molar-refractivity contribution is 0.0816. The molecule has 0 N–H and O–H groups in total. The second kappa shape index (κ2) is 2.74. The van der Waals surface area contributed by atoms with E-state index in [4.69, 9.17) is 11.6 Å². The van der Waals surface area contributed by atoms with E-state index in [0.717, 1.165) is 16.7 Å². The van der Waals surface area contributed by atoms with Gasteiger partial charge >= 0.3 is 0 Å². The van der Waals surface area contributed by atoms with Crippen LogP contribution in [0.15, 0.2) is 12.1 Å². The third kappa shape index (κ3) is 1.22. The fourth-order valence-corrected chi connectivity index (χ4v) is 1.97. The molecule has 2 nitrogen and oxygen atoms in total. The predicted octanol–water partition coefficient (Wildman–Crippen LogP) is 2.23. The minimum Gasteiger partial charge on any atom is -0.337 e. The van der Waals surface area contributed by atoms with E-state index in [1.54, 1.807) is 11.9 Å². The van der Waals surface area contributed by atoms with E-state index in [1.165, 1.54) is 0 Å². The van der Waals surface area contributed by atoms with Crippen LogP contribution in [0.5, 0.6) is 0 Å². The monoisotopic (exact) mass is 195 g/mol. The Morgan fingerprint density at radius 3 is 2.85 bits per heavy atom. The zero-order chi connectivity index (χ0) is 9.59. The van der Waals surface area contributed by atoms with Gasteiger partial charge in [0.15, 0.2) is 0 Å². The summed E-state index contributed by atoms with van der Waals surface area (Å²) in [5.74, 6) is 0.0700. The van der Waals surface area contributed by atoms with Crippen LogP contribution in [0.25, 0.3) is 0 Å². The highest BCUT2D eigenvalue weighted by Gasteiger charge is 2.26. The Morgan fingerprint density at radius 2 is 2.15 bits per heavy atom. The molecule has 68 valence electrons. The lowest BCUT2D eigenvalue weighted by Gasteiger charge is -2.04. The average Bonchev–Trinajstić information content (AvgIpc) is 2.32. The molecule has 13 heavy (non-hydrogen) atoms. The van der Waals surface area contributed by atoms with Crippen LogP contribution >= 0.6 is 11.6 Å². The third-order valence-corrected chi connectivity index (χ3v) is 2.65. The van der Waals surface area contributed by atoms with Gasteiger partial charge < -0.3 is 4.90 Å². The third-order valence-electron chi connectivity index (χ3n) is 2.31. The Kier molecular flexibility index (Phi) is 1.81. The van der Waals surface area contributed by atoms with E-state index < -0.39 is 0 Å². The highest BCUT2D eigenvalue weighted by atomic mass is 35.5. The Balaban J connectivity index is 2.64. The number of carbonyl (C=O) groups is 1. The number of rotatable bonds is 0. The van der Waals surface area contributed by atoms with Gasteiger partial charge in [-0.05, 0) is 24.6 Å². The van der Waals surface area contributed by atoms with E-state index in [0.29, 0.717) is 11.6 Å². The van der Waals surface area contributed by atoms with E-state index in [2.05, 4.69) is 0 Å². The second-order valence-corrected chi connectivity index (χ2v) is 3.84. The zero-order valence-corrected chi connectivity index (χ0v) is 8.35. The molecule has 0 bridgehead atoms. The van der Waals surface area contributed by atoms with Crippen LogP contribution in [0.3, 0.4) is 0 Å². The molecular formula is C10H10ClNO. The van der Waals surface area contributed by atoms with Gasteiger partial charge in [-0.15, -0.1) is 0 Å². The van der Waals surface area contributed by atoms with Crippen molar-refractivity contribution in [2.24, 2.45) is 0 Å². The summed E-state index contributed by atoms with van der Waals surface area (Å²) in [7, 11) is 1.79. The van der Waals surface area contributed by atoms with Crippen LogP contribution in [-0.2, 0) is 6.54 Å². The van der Waals surface area contributed by atoms with Crippen LogP contribution in [-0.4, -0.2) is 17.9 Å². The number of hydrogen-bond acceptors (Lipinski definition) is 1. The van der Waals surface area contributed by atoms with Gasteiger partial charge in [0, 0.05) is 29.7 Å². The molecule has 1 aliphatic heterocycles. The highest BCUT2D eigenvalue weighted by Crippen LogP contribution is 2.29. The van der Waals surface area contributed by atoms with Gasteiger partial charge in [-0.2, -0.15) is 0 Å². The van der Waals surface area contributed by atoms with E-state index >= 15 is 0 Å². The molecule has 1 aliphatic rings. The van der Waals surface area contributed by atoms with Crippen molar-refractivity contribution in [3.05, 3.63) is 33.8 Å². The summed E-state index contributed by atoms with van der Waals surface area (Å²) >= 11 is 6.03. The van der Waals surface area contributed by atoms with Crippen molar-refractivity contribution in [3.63, 3.8) is 0 Å². The number of halogens is 1. The summed E-state index contributed by atoms with van der Waals surface area (Å²) in [4.78, 5) is 13.2. The summed E-state index contributed by atoms with van der Waals surface area (Å²) in [5, 5.41) is 0.702. The molecule has 1 heterocycles. The van der Waals surface area contributed by atoms with Crippen molar-refractivity contribution in [2.45, 2.75) is 13.5 Å². The van der Waals surface area contributed by atoms with Gasteiger partial charge in [0.2, 0.25) is 0 Å². The van der Waals surface area contributed by atoms with Gasteiger partial charge in [0.1, 0.15) is 0 Å². The number of carbonyl (C=O) groups excluding carboxylic acids is 1. The lowest BCUT2D eigenvalue weighted by atomic mass is 10.1. The van der Waals surface area contributed by atoms with Crippen LogP contribution in [0.4, 0.5) is 0 Å². The van der Waals surface area contributed by atoms with E-state index in [1.807, 2.05) is 19.1 Å². The van der Waals surface area contributed by atoms with Gasteiger partial charge in [0.05, 0.1) is 0 Å². The SMILES string of the molecule is Cc1cc(Cl)c2c(c1)C(=O)N(C)C2. The molecule has 1 amide bonds. The molecule has 1 aromatic rings. The first-order valence-electron chi connectivity index (χ1n) is 4.14. The van der Waals surface area contributed by atoms with Crippen molar-refractivity contribution < 1.29 is 4.79 Å². The van der Waals surface area contributed by atoms with Gasteiger partial charge in [-0.3, -0.25) is 4.79 Å². The molecule has 0 aliphatic carbocycles. The molecule has 0 saturated heterocycles. The fourth-order valence-electron chi connectivity index (χ4n) is 1.64. The van der Waals surface area contributed by atoms with E-state index in [9.17, 15) is 4.79 Å². The molecule has 0 aromatic heterocycles. The molecular weight excluding hydrogens is 186 g/mol. The van der Waals surface area contributed by atoms with E-state index in [-0.39, 0.29) is 5.91 Å². The Hall–Kier alpha value is -1.02. The summed E-state index contributed by atoms with van der Waals surface area (Å²) in [6.07, 6.45) is 0. The van der Waals surface area contributed by atoms with Gasteiger partial charge in [-0.1, -0.05) is 11.6 Å². The van der Waals surface area contributed by atoms with Crippen molar-refractivity contribution >= 4 is 17.5 Å². The first kappa shape index (κ1) is 8.57. The normalized spacial score (nSPS) is 15.0. The Morgan fingerprint density at radius 1 is 1.46 bits per heavy atom. The molecule has 3 heteroatoms. The quantitative estimate of drug-likeness (QED) is 0.622. The molecule has 0 unspecified atom stereocenters. The smallest absolute Gasteiger partial charge is 0.254 e. The predicted molar refractivity (Wildman–Crippen MR) is 52.0 cm³/mol. The topological polar surface area (TPSA) is 20.3 Å². The van der Waals surface area contributed by atoms with Crippen molar-refractivity contribution in [1.82, 2.24) is 4.90 Å². The summed E-state index contributed by atoms with van der Waals surface area (Å²) < 4.78 is 0. The van der Waals surface area contributed by atoms with Gasteiger partial charge in [-0.25, -0.2) is 0 Å². The molecule has 0 radical (unpaired) electrons.